The summed E-state index contributed by atoms with van der Waals surface area (Å²) in [6.07, 6.45) is 3.54. The van der Waals surface area contributed by atoms with E-state index in [1.807, 2.05) is 6.07 Å². The van der Waals surface area contributed by atoms with Crippen LogP contribution >= 0.6 is 0 Å². The quantitative estimate of drug-likeness (QED) is 0.923. The van der Waals surface area contributed by atoms with Crippen LogP contribution in [-0.2, 0) is 0 Å². The van der Waals surface area contributed by atoms with Gasteiger partial charge in [0, 0.05) is 31.7 Å². The number of carboxylic acids is 1. The van der Waals surface area contributed by atoms with Gasteiger partial charge in [0.2, 0.25) is 0 Å². The number of anilines is 1. The molecule has 0 spiro atoms. The number of carbonyl (C=O) groups is 1. The van der Waals surface area contributed by atoms with Crippen molar-refractivity contribution in [2.24, 2.45) is 0 Å². The van der Waals surface area contributed by atoms with Gasteiger partial charge in [0.25, 0.3) is 0 Å². The molecule has 5 heteroatoms. The molecule has 2 fully saturated rings. The van der Waals surface area contributed by atoms with Crippen molar-refractivity contribution in [1.29, 1.82) is 0 Å². The van der Waals surface area contributed by atoms with Gasteiger partial charge in [-0.3, -0.25) is 4.90 Å². The van der Waals surface area contributed by atoms with Crippen LogP contribution in [0.2, 0.25) is 0 Å². The number of ether oxygens (including phenoxy) is 1. The molecule has 0 bridgehead atoms. The summed E-state index contributed by atoms with van der Waals surface area (Å²) in [6.45, 7) is 4.11. The molecule has 1 unspecified atom stereocenters. The summed E-state index contributed by atoms with van der Waals surface area (Å²) in [7, 11) is 1.61. The average Bonchev–Trinajstić information content (AvgIpc) is 2.83. The smallest absolute Gasteiger partial charge is 0.337 e. The molecule has 1 aromatic carbocycles. The Labute approximate surface area is 125 Å². The number of hydrogen-bond donors (Lipinski definition) is 1. The molecular weight excluding hydrogens is 268 g/mol. The highest BCUT2D eigenvalue weighted by atomic mass is 16.5. The third kappa shape index (κ3) is 2.83. The molecule has 5 nitrogen and oxygen atoms in total. The molecule has 0 amide bonds. The Bertz CT molecular complexity index is 532. The molecule has 0 saturated carbocycles. The number of hydrogen-bond acceptors (Lipinski definition) is 4. The van der Waals surface area contributed by atoms with E-state index in [4.69, 9.17) is 4.74 Å². The maximum atomic E-state index is 11.5. The van der Waals surface area contributed by atoms with Crippen molar-refractivity contribution in [3.63, 3.8) is 0 Å². The Balaban J connectivity index is 1.92. The number of fused-ring (bicyclic) bond motifs is 1. The molecular formula is C16H22N2O3. The molecule has 0 aliphatic carbocycles. The molecule has 3 rings (SSSR count). The summed E-state index contributed by atoms with van der Waals surface area (Å²) in [6, 6.07) is 5.77. The van der Waals surface area contributed by atoms with Crippen LogP contribution in [0.15, 0.2) is 18.2 Å². The molecule has 2 aliphatic heterocycles. The first-order valence-corrected chi connectivity index (χ1v) is 7.59. The molecule has 114 valence electrons. The molecule has 1 N–H and O–H groups in total. The second-order valence-corrected chi connectivity index (χ2v) is 5.82. The van der Waals surface area contributed by atoms with E-state index in [2.05, 4.69) is 9.80 Å². The van der Waals surface area contributed by atoms with Crippen LogP contribution in [-0.4, -0.2) is 55.3 Å². The first-order chi connectivity index (χ1) is 10.2. The Kier molecular flexibility index (Phi) is 4.01. The molecule has 2 heterocycles. The number of aromatic carboxylic acids is 1. The lowest BCUT2D eigenvalue weighted by Gasteiger charge is -2.28. The van der Waals surface area contributed by atoms with Crippen LogP contribution in [0.5, 0.6) is 5.75 Å². The SMILES string of the molecule is COc1ccc(C(=O)O)c(N2CCCN3CCCC3C2)c1. The maximum Gasteiger partial charge on any atom is 0.337 e. The standard InChI is InChI=1S/C16H22N2O3/c1-21-13-5-6-14(16(19)20)15(10-13)18-9-3-8-17-7-2-4-12(17)11-18/h5-6,10,12H,2-4,7-9,11H2,1H3,(H,19,20). The highest BCUT2D eigenvalue weighted by Crippen LogP contribution is 2.30. The number of carboxylic acid groups (broad SMARTS) is 1. The molecule has 0 radical (unpaired) electrons. The van der Waals surface area contributed by atoms with Crippen molar-refractivity contribution in [2.75, 3.05) is 38.2 Å². The number of methoxy groups -OCH3 is 1. The van der Waals surface area contributed by atoms with Crippen LogP contribution < -0.4 is 9.64 Å². The van der Waals surface area contributed by atoms with Gasteiger partial charge in [-0.1, -0.05) is 0 Å². The third-order valence-corrected chi connectivity index (χ3v) is 4.58. The van der Waals surface area contributed by atoms with Crippen molar-refractivity contribution in [1.82, 2.24) is 4.90 Å². The van der Waals surface area contributed by atoms with E-state index in [-0.39, 0.29) is 0 Å². The normalized spacial score (nSPS) is 22.7. The van der Waals surface area contributed by atoms with Gasteiger partial charge in [-0.25, -0.2) is 4.79 Å². The van der Waals surface area contributed by atoms with Crippen molar-refractivity contribution in [3.8, 4) is 5.75 Å². The lowest BCUT2D eigenvalue weighted by Crippen LogP contribution is -2.37. The number of rotatable bonds is 3. The molecule has 1 atom stereocenters. The fourth-order valence-corrected chi connectivity index (χ4v) is 3.51. The van der Waals surface area contributed by atoms with E-state index in [1.54, 1.807) is 19.2 Å². The van der Waals surface area contributed by atoms with Gasteiger partial charge < -0.3 is 14.7 Å². The van der Waals surface area contributed by atoms with Gasteiger partial charge >= 0.3 is 5.97 Å². The topological polar surface area (TPSA) is 53.0 Å². The summed E-state index contributed by atoms with van der Waals surface area (Å²) in [5.74, 6) is -0.164. The first-order valence-electron chi connectivity index (χ1n) is 7.59. The van der Waals surface area contributed by atoms with Crippen LogP contribution in [0.1, 0.15) is 29.6 Å². The summed E-state index contributed by atoms with van der Waals surface area (Å²) in [4.78, 5) is 16.3. The van der Waals surface area contributed by atoms with Crippen LogP contribution in [0.4, 0.5) is 5.69 Å². The highest BCUT2D eigenvalue weighted by molar-refractivity contribution is 5.94. The van der Waals surface area contributed by atoms with Gasteiger partial charge in [0.1, 0.15) is 5.75 Å². The molecule has 2 aliphatic rings. The lowest BCUT2D eigenvalue weighted by molar-refractivity contribution is 0.0697. The maximum absolute atomic E-state index is 11.5. The van der Waals surface area contributed by atoms with E-state index in [9.17, 15) is 9.90 Å². The van der Waals surface area contributed by atoms with E-state index >= 15 is 0 Å². The van der Waals surface area contributed by atoms with E-state index < -0.39 is 5.97 Å². The average molecular weight is 290 g/mol. The minimum absolute atomic E-state index is 0.363. The summed E-state index contributed by atoms with van der Waals surface area (Å²) >= 11 is 0. The second kappa shape index (κ2) is 5.93. The van der Waals surface area contributed by atoms with Crippen molar-refractivity contribution in [3.05, 3.63) is 23.8 Å². The fraction of sp³-hybridized carbons (Fsp3) is 0.562. The zero-order valence-corrected chi connectivity index (χ0v) is 12.4. The molecule has 1 aromatic rings. The minimum atomic E-state index is -0.875. The Hall–Kier alpha value is -1.75. The monoisotopic (exact) mass is 290 g/mol. The number of nitrogens with zero attached hydrogens (tertiary/aromatic N) is 2. The predicted octanol–water partition coefficient (Wildman–Crippen LogP) is 2.07. The van der Waals surface area contributed by atoms with Crippen LogP contribution in [0.25, 0.3) is 0 Å². The Morgan fingerprint density at radius 2 is 2.10 bits per heavy atom. The summed E-state index contributed by atoms with van der Waals surface area (Å²) < 4.78 is 5.27. The summed E-state index contributed by atoms with van der Waals surface area (Å²) in [5, 5.41) is 9.44. The van der Waals surface area contributed by atoms with Crippen molar-refractivity contribution < 1.29 is 14.6 Å². The van der Waals surface area contributed by atoms with E-state index in [0.717, 1.165) is 31.7 Å². The van der Waals surface area contributed by atoms with Gasteiger partial charge in [0.05, 0.1) is 18.4 Å². The van der Waals surface area contributed by atoms with Crippen molar-refractivity contribution >= 4 is 11.7 Å². The van der Waals surface area contributed by atoms with Gasteiger partial charge in [0.15, 0.2) is 0 Å². The van der Waals surface area contributed by atoms with Crippen LogP contribution in [0.3, 0.4) is 0 Å². The largest absolute Gasteiger partial charge is 0.497 e. The zero-order valence-electron chi connectivity index (χ0n) is 12.4. The summed E-state index contributed by atoms with van der Waals surface area (Å²) in [5.41, 5.74) is 1.15. The minimum Gasteiger partial charge on any atom is -0.497 e. The predicted molar refractivity (Wildman–Crippen MR) is 81.4 cm³/mol. The van der Waals surface area contributed by atoms with Gasteiger partial charge in [-0.15, -0.1) is 0 Å². The lowest BCUT2D eigenvalue weighted by atomic mass is 10.1. The molecule has 0 aromatic heterocycles. The Morgan fingerprint density at radius 1 is 1.29 bits per heavy atom. The number of benzene rings is 1. The fourth-order valence-electron chi connectivity index (χ4n) is 3.51. The molecule has 21 heavy (non-hydrogen) atoms. The van der Waals surface area contributed by atoms with E-state index in [1.165, 1.54) is 19.4 Å². The third-order valence-electron chi connectivity index (χ3n) is 4.58. The van der Waals surface area contributed by atoms with Gasteiger partial charge in [-0.05, 0) is 37.9 Å². The van der Waals surface area contributed by atoms with Crippen LogP contribution in [0, 0.1) is 0 Å². The van der Waals surface area contributed by atoms with Gasteiger partial charge in [-0.2, -0.15) is 0 Å². The molecule has 2 saturated heterocycles. The zero-order chi connectivity index (χ0) is 14.8. The van der Waals surface area contributed by atoms with E-state index in [0.29, 0.717) is 17.4 Å². The van der Waals surface area contributed by atoms with Crippen molar-refractivity contribution in [2.45, 2.75) is 25.3 Å². The highest BCUT2D eigenvalue weighted by Gasteiger charge is 2.30. The Morgan fingerprint density at radius 3 is 2.86 bits per heavy atom. The second-order valence-electron chi connectivity index (χ2n) is 5.82. The first kappa shape index (κ1) is 14.2.